The van der Waals surface area contributed by atoms with Crippen LogP contribution in [0.1, 0.15) is 19.8 Å². The van der Waals surface area contributed by atoms with Crippen LogP contribution in [0.5, 0.6) is 0 Å². The van der Waals surface area contributed by atoms with Gasteiger partial charge >= 0.3 is 0 Å². The highest BCUT2D eigenvalue weighted by Crippen LogP contribution is 2.22. The molecule has 104 valence electrons. The molecule has 2 N–H and O–H groups in total. The smallest absolute Gasteiger partial charge is 0.238 e. The first-order chi connectivity index (χ1) is 9.00. The number of anilines is 1. The SMILES string of the molecule is CC(C(=O)N1CCCC1)S(=O)c1cc(F)ccc1N. The number of halogens is 1. The lowest BCUT2D eigenvalue weighted by Gasteiger charge is -2.20. The minimum absolute atomic E-state index is 0.153. The summed E-state index contributed by atoms with van der Waals surface area (Å²) in [6, 6.07) is 3.72. The molecule has 6 heteroatoms. The van der Waals surface area contributed by atoms with Gasteiger partial charge in [0, 0.05) is 18.8 Å². The lowest BCUT2D eigenvalue weighted by Crippen LogP contribution is -2.38. The van der Waals surface area contributed by atoms with Gasteiger partial charge in [0.1, 0.15) is 11.1 Å². The predicted molar refractivity (Wildman–Crippen MR) is 72.5 cm³/mol. The molecule has 1 heterocycles. The molecule has 4 nitrogen and oxygen atoms in total. The van der Waals surface area contributed by atoms with Crippen LogP contribution in [-0.2, 0) is 15.6 Å². The Kier molecular flexibility index (Phi) is 4.19. The number of nitrogen functional groups attached to an aromatic ring is 1. The van der Waals surface area contributed by atoms with Gasteiger partial charge in [0.15, 0.2) is 0 Å². The van der Waals surface area contributed by atoms with Crippen LogP contribution in [-0.4, -0.2) is 33.4 Å². The summed E-state index contributed by atoms with van der Waals surface area (Å²) in [7, 11) is -1.63. The van der Waals surface area contributed by atoms with Crippen LogP contribution < -0.4 is 5.73 Å². The Bertz CT molecular complexity index is 515. The molecule has 0 radical (unpaired) electrons. The summed E-state index contributed by atoms with van der Waals surface area (Å²) in [5.41, 5.74) is 5.95. The van der Waals surface area contributed by atoms with E-state index in [1.165, 1.54) is 12.1 Å². The van der Waals surface area contributed by atoms with Crippen molar-refractivity contribution in [2.24, 2.45) is 0 Å². The summed E-state index contributed by atoms with van der Waals surface area (Å²) in [6.07, 6.45) is 1.96. The summed E-state index contributed by atoms with van der Waals surface area (Å²) >= 11 is 0. The number of benzene rings is 1. The van der Waals surface area contributed by atoms with Crippen molar-refractivity contribution in [1.82, 2.24) is 4.90 Å². The quantitative estimate of drug-likeness (QED) is 0.856. The van der Waals surface area contributed by atoms with Crippen LogP contribution in [0, 0.1) is 5.82 Å². The summed E-state index contributed by atoms with van der Waals surface area (Å²) in [6.45, 7) is 3.01. The molecule has 2 rings (SSSR count). The highest BCUT2D eigenvalue weighted by molar-refractivity contribution is 7.86. The fourth-order valence-electron chi connectivity index (χ4n) is 2.16. The topological polar surface area (TPSA) is 63.4 Å². The van der Waals surface area contributed by atoms with Gasteiger partial charge in [0.25, 0.3) is 0 Å². The zero-order chi connectivity index (χ0) is 14.0. The Morgan fingerprint density at radius 1 is 1.42 bits per heavy atom. The lowest BCUT2D eigenvalue weighted by molar-refractivity contribution is -0.129. The van der Waals surface area contributed by atoms with Crippen LogP contribution in [0.2, 0.25) is 0 Å². The first kappa shape index (κ1) is 14.0. The Morgan fingerprint density at radius 3 is 2.68 bits per heavy atom. The molecule has 2 unspecified atom stereocenters. The molecule has 0 aromatic heterocycles. The summed E-state index contributed by atoms with van der Waals surface area (Å²) in [5.74, 6) is -0.655. The van der Waals surface area contributed by atoms with E-state index in [1.54, 1.807) is 11.8 Å². The van der Waals surface area contributed by atoms with Crippen LogP contribution >= 0.6 is 0 Å². The molecule has 0 aliphatic carbocycles. The average molecular weight is 284 g/mol. The van der Waals surface area contributed by atoms with E-state index in [-0.39, 0.29) is 16.5 Å². The number of carbonyl (C=O) groups excluding carboxylic acids is 1. The third kappa shape index (κ3) is 2.94. The average Bonchev–Trinajstić information content (AvgIpc) is 2.93. The van der Waals surface area contributed by atoms with Gasteiger partial charge in [-0.1, -0.05) is 0 Å². The lowest BCUT2D eigenvalue weighted by atomic mass is 10.3. The second-order valence-corrected chi connectivity index (χ2v) is 6.40. The first-order valence-electron chi connectivity index (χ1n) is 6.25. The van der Waals surface area contributed by atoms with E-state index in [2.05, 4.69) is 0 Å². The van der Waals surface area contributed by atoms with Gasteiger partial charge in [-0.2, -0.15) is 0 Å². The largest absolute Gasteiger partial charge is 0.398 e. The van der Waals surface area contributed by atoms with Crippen LogP contribution in [0.4, 0.5) is 10.1 Å². The van der Waals surface area contributed by atoms with Crippen molar-refractivity contribution in [2.45, 2.75) is 29.9 Å². The fourth-order valence-corrected chi connectivity index (χ4v) is 3.40. The summed E-state index contributed by atoms with van der Waals surface area (Å²) in [4.78, 5) is 14.1. The molecule has 0 spiro atoms. The number of hydrogen-bond donors (Lipinski definition) is 1. The zero-order valence-electron chi connectivity index (χ0n) is 10.8. The minimum atomic E-state index is -1.63. The standard InChI is InChI=1S/C13H17FN2O2S/c1-9(13(17)16-6-2-3-7-16)19(18)12-8-10(14)4-5-11(12)15/h4-5,8-9H,2-3,6-7,15H2,1H3. The number of hydrogen-bond acceptors (Lipinski definition) is 3. The minimum Gasteiger partial charge on any atom is -0.398 e. The molecule has 1 fully saturated rings. The van der Waals surface area contributed by atoms with Crippen molar-refractivity contribution in [2.75, 3.05) is 18.8 Å². The van der Waals surface area contributed by atoms with Crippen molar-refractivity contribution in [3.63, 3.8) is 0 Å². The van der Waals surface area contributed by atoms with Gasteiger partial charge < -0.3 is 10.6 Å². The van der Waals surface area contributed by atoms with Crippen molar-refractivity contribution < 1.29 is 13.4 Å². The van der Waals surface area contributed by atoms with Gasteiger partial charge in [-0.25, -0.2) is 4.39 Å². The van der Waals surface area contributed by atoms with E-state index in [4.69, 9.17) is 5.73 Å². The molecule has 1 aromatic carbocycles. The van der Waals surface area contributed by atoms with Gasteiger partial charge in [0.05, 0.1) is 15.7 Å². The highest BCUT2D eigenvalue weighted by Gasteiger charge is 2.29. The summed E-state index contributed by atoms with van der Waals surface area (Å²) in [5, 5.41) is -0.706. The molecule has 1 aliphatic heterocycles. The number of nitrogens with zero attached hydrogens (tertiary/aromatic N) is 1. The number of likely N-dealkylation sites (tertiary alicyclic amines) is 1. The molecular formula is C13H17FN2O2S. The second kappa shape index (κ2) is 5.69. The molecule has 19 heavy (non-hydrogen) atoms. The van der Waals surface area contributed by atoms with Crippen molar-refractivity contribution in [3.8, 4) is 0 Å². The van der Waals surface area contributed by atoms with Crippen LogP contribution in [0.25, 0.3) is 0 Å². The molecule has 2 atom stereocenters. The van der Waals surface area contributed by atoms with Crippen molar-refractivity contribution >= 4 is 22.4 Å². The molecule has 1 aromatic rings. The maximum atomic E-state index is 13.2. The molecule has 1 amide bonds. The number of nitrogens with two attached hydrogens (primary N) is 1. The molecule has 1 saturated heterocycles. The maximum absolute atomic E-state index is 13.2. The zero-order valence-corrected chi connectivity index (χ0v) is 11.6. The van der Waals surface area contributed by atoms with Gasteiger partial charge in [-0.05, 0) is 38.0 Å². The Hall–Kier alpha value is -1.43. The van der Waals surface area contributed by atoms with E-state index < -0.39 is 21.9 Å². The molecular weight excluding hydrogens is 267 g/mol. The normalized spacial score (nSPS) is 18.3. The monoisotopic (exact) mass is 284 g/mol. The third-order valence-electron chi connectivity index (χ3n) is 3.28. The van der Waals surface area contributed by atoms with E-state index in [0.717, 1.165) is 18.9 Å². The van der Waals surface area contributed by atoms with E-state index >= 15 is 0 Å². The van der Waals surface area contributed by atoms with E-state index in [1.807, 2.05) is 0 Å². The highest BCUT2D eigenvalue weighted by atomic mass is 32.2. The van der Waals surface area contributed by atoms with E-state index in [9.17, 15) is 13.4 Å². The van der Waals surface area contributed by atoms with Gasteiger partial charge in [-0.15, -0.1) is 0 Å². The van der Waals surface area contributed by atoms with Crippen molar-refractivity contribution in [3.05, 3.63) is 24.0 Å². The fraction of sp³-hybridized carbons (Fsp3) is 0.462. The number of carbonyl (C=O) groups is 1. The maximum Gasteiger partial charge on any atom is 0.238 e. The summed E-state index contributed by atoms with van der Waals surface area (Å²) < 4.78 is 25.5. The van der Waals surface area contributed by atoms with Crippen LogP contribution in [0.3, 0.4) is 0 Å². The third-order valence-corrected chi connectivity index (χ3v) is 4.91. The molecule has 0 bridgehead atoms. The van der Waals surface area contributed by atoms with Crippen LogP contribution in [0.15, 0.2) is 23.1 Å². The number of rotatable bonds is 3. The second-order valence-electron chi connectivity index (χ2n) is 4.65. The Labute approximate surface area is 114 Å². The predicted octanol–water partition coefficient (Wildman–Crippen LogP) is 1.53. The number of amides is 1. The molecule has 0 saturated carbocycles. The van der Waals surface area contributed by atoms with Gasteiger partial charge in [0.2, 0.25) is 5.91 Å². The van der Waals surface area contributed by atoms with E-state index in [0.29, 0.717) is 13.1 Å². The Balaban J connectivity index is 2.18. The van der Waals surface area contributed by atoms with Gasteiger partial charge in [-0.3, -0.25) is 9.00 Å². The molecule has 1 aliphatic rings. The first-order valence-corrected chi connectivity index (χ1v) is 7.46. The van der Waals surface area contributed by atoms with Crippen molar-refractivity contribution in [1.29, 1.82) is 0 Å². The Morgan fingerprint density at radius 2 is 2.05 bits per heavy atom.